The molecule has 1 nitrogen and oxygen atoms in total. The number of rotatable bonds is 2. The highest BCUT2D eigenvalue weighted by molar-refractivity contribution is 9.10. The summed E-state index contributed by atoms with van der Waals surface area (Å²) in [6.45, 7) is 0. The Morgan fingerprint density at radius 1 is 1.21 bits per heavy atom. The molecule has 0 spiro atoms. The van der Waals surface area contributed by atoms with Gasteiger partial charge in [0, 0.05) is 4.47 Å². The molecule has 1 atom stereocenters. The lowest BCUT2D eigenvalue weighted by Crippen LogP contribution is -2.09. The predicted octanol–water partition coefficient (Wildman–Crippen LogP) is 4.75. The SMILES string of the molecule is OC(c1ccc(C(F)(F)F)c(F)c1)c1sccc1Br. The van der Waals surface area contributed by atoms with Crippen LogP contribution in [0.3, 0.4) is 0 Å². The summed E-state index contributed by atoms with van der Waals surface area (Å²) < 4.78 is 51.3. The van der Waals surface area contributed by atoms with Gasteiger partial charge in [-0.3, -0.25) is 0 Å². The largest absolute Gasteiger partial charge is 0.419 e. The number of alkyl halides is 3. The third-order valence-electron chi connectivity index (χ3n) is 2.51. The Kier molecular flexibility index (Phi) is 3.98. The van der Waals surface area contributed by atoms with Crippen molar-refractivity contribution in [3.05, 3.63) is 55.9 Å². The van der Waals surface area contributed by atoms with Crippen molar-refractivity contribution in [3.8, 4) is 0 Å². The van der Waals surface area contributed by atoms with Gasteiger partial charge in [-0.15, -0.1) is 11.3 Å². The third-order valence-corrected chi connectivity index (χ3v) is 4.43. The minimum Gasteiger partial charge on any atom is -0.383 e. The highest BCUT2D eigenvalue weighted by Gasteiger charge is 2.34. The van der Waals surface area contributed by atoms with Gasteiger partial charge >= 0.3 is 6.18 Å². The van der Waals surface area contributed by atoms with Crippen LogP contribution in [0.1, 0.15) is 22.1 Å². The molecule has 1 heterocycles. The molecule has 0 aliphatic rings. The minimum atomic E-state index is -4.74. The molecule has 1 aromatic carbocycles. The zero-order valence-corrected chi connectivity index (χ0v) is 11.6. The first-order valence-electron chi connectivity index (χ1n) is 5.08. The molecule has 7 heteroatoms. The molecular formula is C12H7BrF4OS. The maximum absolute atomic E-state index is 13.4. The molecule has 0 fully saturated rings. The first-order chi connectivity index (χ1) is 8.80. The van der Waals surface area contributed by atoms with E-state index in [2.05, 4.69) is 15.9 Å². The second kappa shape index (κ2) is 5.22. The van der Waals surface area contributed by atoms with Gasteiger partial charge in [0.05, 0.1) is 10.4 Å². The fourth-order valence-electron chi connectivity index (χ4n) is 1.58. The molecule has 0 saturated carbocycles. The maximum Gasteiger partial charge on any atom is 0.419 e. The molecule has 0 saturated heterocycles. The standard InChI is InChI=1S/C12H7BrF4OS/c13-8-3-4-19-11(8)10(18)6-1-2-7(9(14)5-6)12(15,16)17/h1-5,10,18H. The zero-order valence-electron chi connectivity index (χ0n) is 9.21. The lowest BCUT2D eigenvalue weighted by atomic mass is 10.0. The Labute approximate surface area is 118 Å². The van der Waals surface area contributed by atoms with Crippen LogP contribution in [0.4, 0.5) is 17.6 Å². The first-order valence-corrected chi connectivity index (χ1v) is 6.75. The van der Waals surface area contributed by atoms with Gasteiger partial charge in [0.15, 0.2) is 0 Å². The summed E-state index contributed by atoms with van der Waals surface area (Å²) in [6, 6.07) is 4.11. The van der Waals surface area contributed by atoms with E-state index in [1.165, 1.54) is 11.3 Å². The molecule has 1 aromatic heterocycles. The first kappa shape index (κ1) is 14.5. The lowest BCUT2D eigenvalue weighted by molar-refractivity contribution is -0.140. The van der Waals surface area contributed by atoms with E-state index in [1.54, 1.807) is 11.4 Å². The highest BCUT2D eigenvalue weighted by atomic mass is 79.9. The Morgan fingerprint density at radius 2 is 1.89 bits per heavy atom. The molecule has 0 bridgehead atoms. The van der Waals surface area contributed by atoms with Crippen molar-refractivity contribution in [1.82, 2.24) is 0 Å². The average Bonchev–Trinajstić information content (AvgIpc) is 2.72. The molecular weight excluding hydrogens is 348 g/mol. The van der Waals surface area contributed by atoms with Crippen LogP contribution in [0.25, 0.3) is 0 Å². The van der Waals surface area contributed by atoms with E-state index in [4.69, 9.17) is 0 Å². The average molecular weight is 355 g/mol. The van der Waals surface area contributed by atoms with E-state index >= 15 is 0 Å². The number of aliphatic hydroxyl groups is 1. The quantitative estimate of drug-likeness (QED) is 0.771. The lowest BCUT2D eigenvalue weighted by Gasteiger charge is -2.13. The molecule has 19 heavy (non-hydrogen) atoms. The summed E-state index contributed by atoms with van der Waals surface area (Å²) in [4.78, 5) is 0.513. The molecule has 1 unspecified atom stereocenters. The van der Waals surface area contributed by atoms with Crippen LogP contribution in [-0.2, 0) is 6.18 Å². The topological polar surface area (TPSA) is 20.2 Å². The van der Waals surface area contributed by atoms with E-state index < -0.39 is 23.7 Å². The maximum atomic E-state index is 13.4. The fraction of sp³-hybridized carbons (Fsp3) is 0.167. The summed E-state index contributed by atoms with van der Waals surface area (Å²) in [7, 11) is 0. The number of benzene rings is 1. The number of hydrogen-bond acceptors (Lipinski definition) is 2. The monoisotopic (exact) mass is 354 g/mol. The number of halogens is 5. The van der Waals surface area contributed by atoms with E-state index in [0.29, 0.717) is 21.5 Å². The second-order valence-corrected chi connectivity index (χ2v) is 5.57. The van der Waals surface area contributed by atoms with Crippen molar-refractivity contribution in [1.29, 1.82) is 0 Å². The molecule has 2 rings (SSSR count). The number of aliphatic hydroxyl groups excluding tert-OH is 1. The Morgan fingerprint density at radius 3 is 2.37 bits per heavy atom. The molecule has 1 N–H and O–H groups in total. The van der Waals surface area contributed by atoms with Crippen molar-refractivity contribution in [2.45, 2.75) is 12.3 Å². The fourth-order valence-corrected chi connectivity index (χ4v) is 3.18. The van der Waals surface area contributed by atoms with Crippen LogP contribution in [0, 0.1) is 5.82 Å². The summed E-state index contributed by atoms with van der Waals surface area (Å²) >= 11 is 4.43. The zero-order chi connectivity index (χ0) is 14.2. The highest BCUT2D eigenvalue weighted by Crippen LogP contribution is 2.36. The van der Waals surface area contributed by atoms with Crippen molar-refractivity contribution >= 4 is 27.3 Å². The molecule has 0 aliphatic heterocycles. The number of thiophene rings is 1. The van der Waals surface area contributed by atoms with Crippen LogP contribution in [0.15, 0.2) is 34.1 Å². The summed E-state index contributed by atoms with van der Waals surface area (Å²) in [5, 5.41) is 11.7. The summed E-state index contributed by atoms with van der Waals surface area (Å²) in [5.41, 5.74) is -1.26. The second-order valence-electron chi connectivity index (χ2n) is 3.77. The van der Waals surface area contributed by atoms with Crippen LogP contribution < -0.4 is 0 Å². The van der Waals surface area contributed by atoms with Crippen molar-refractivity contribution in [3.63, 3.8) is 0 Å². The van der Waals surface area contributed by atoms with Crippen LogP contribution in [0.5, 0.6) is 0 Å². The summed E-state index contributed by atoms with van der Waals surface area (Å²) in [5.74, 6) is -1.39. The molecule has 0 radical (unpaired) electrons. The summed E-state index contributed by atoms with van der Waals surface area (Å²) in [6.07, 6.45) is -5.90. The molecule has 0 amide bonds. The Balaban J connectivity index is 2.38. The van der Waals surface area contributed by atoms with E-state index in [0.717, 1.165) is 6.07 Å². The van der Waals surface area contributed by atoms with Gasteiger partial charge in [0.25, 0.3) is 0 Å². The Hall–Kier alpha value is -0.920. The van der Waals surface area contributed by atoms with E-state index in [-0.39, 0.29) is 5.56 Å². The molecule has 2 aromatic rings. The van der Waals surface area contributed by atoms with Gasteiger partial charge in [-0.2, -0.15) is 13.2 Å². The van der Waals surface area contributed by atoms with Crippen molar-refractivity contribution < 1.29 is 22.7 Å². The van der Waals surface area contributed by atoms with Crippen LogP contribution in [0.2, 0.25) is 0 Å². The van der Waals surface area contributed by atoms with Crippen LogP contribution in [-0.4, -0.2) is 5.11 Å². The van der Waals surface area contributed by atoms with Gasteiger partial charge in [-0.05, 0) is 45.1 Å². The minimum absolute atomic E-state index is 0.0775. The van der Waals surface area contributed by atoms with Crippen molar-refractivity contribution in [2.75, 3.05) is 0 Å². The normalized spacial score (nSPS) is 13.6. The van der Waals surface area contributed by atoms with E-state index in [9.17, 15) is 22.7 Å². The van der Waals surface area contributed by atoms with Crippen LogP contribution >= 0.6 is 27.3 Å². The third kappa shape index (κ3) is 2.98. The van der Waals surface area contributed by atoms with Gasteiger partial charge in [0.2, 0.25) is 0 Å². The van der Waals surface area contributed by atoms with Gasteiger partial charge in [-0.25, -0.2) is 4.39 Å². The molecule has 102 valence electrons. The number of hydrogen-bond donors (Lipinski definition) is 1. The molecule has 0 aliphatic carbocycles. The van der Waals surface area contributed by atoms with E-state index in [1.807, 2.05) is 0 Å². The van der Waals surface area contributed by atoms with Gasteiger partial charge in [-0.1, -0.05) is 6.07 Å². The Bertz CT molecular complexity index is 594. The smallest absolute Gasteiger partial charge is 0.383 e. The predicted molar refractivity (Wildman–Crippen MR) is 67.5 cm³/mol. The van der Waals surface area contributed by atoms with Crippen molar-refractivity contribution in [2.24, 2.45) is 0 Å². The van der Waals surface area contributed by atoms with Gasteiger partial charge in [0.1, 0.15) is 11.9 Å². The van der Waals surface area contributed by atoms with Gasteiger partial charge < -0.3 is 5.11 Å².